The number of aliphatic hydroxyl groups is 1. The van der Waals surface area contributed by atoms with Crippen molar-refractivity contribution in [2.45, 2.75) is 105 Å². The van der Waals surface area contributed by atoms with Gasteiger partial charge in [-0.15, -0.1) is 0 Å². The Kier molecular flexibility index (Phi) is 8.24. The van der Waals surface area contributed by atoms with Gasteiger partial charge in [0.1, 0.15) is 0 Å². The number of hydrogen-bond donors (Lipinski definition) is 2. The van der Waals surface area contributed by atoms with Crippen LogP contribution in [0.5, 0.6) is 0 Å². The summed E-state index contributed by atoms with van der Waals surface area (Å²) in [5.41, 5.74) is -0.546. The van der Waals surface area contributed by atoms with E-state index in [1.165, 1.54) is 5.57 Å². The van der Waals surface area contributed by atoms with Crippen molar-refractivity contribution in [3.8, 4) is 0 Å². The Hall–Kier alpha value is 0.0400. The number of fused-ring (bicyclic) bond motifs is 7. The van der Waals surface area contributed by atoms with Gasteiger partial charge < -0.3 is 15.0 Å². The summed E-state index contributed by atoms with van der Waals surface area (Å²) < 4.78 is 37.2. The van der Waals surface area contributed by atoms with Crippen LogP contribution < -0.4 is 34.7 Å². The molecule has 0 saturated heterocycles. The van der Waals surface area contributed by atoms with E-state index >= 15 is 0 Å². The van der Waals surface area contributed by atoms with Crippen molar-refractivity contribution in [3.05, 3.63) is 11.6 Å². The SMILES string of the molecule is C[C@H]1[C@H](C)CC[C@]2(C(=O)[O-])CC[C@]3(C)C(=CC[C@@H]4[C@@]5(C)CC[C@H](O)[C@@](C)(COS(=O)(=O)O)[C@@H]5CC[C@]43C)[C@H]12.[Na+]. The molecule has 5 aliphatic rings. The topological polar surface area (TPSA) is 124 Å². The Labute approximate surface area is 257 Å². The van der Waals surface area contributed by atoms with E-state index in [9.17, 15) is 28.0 Å². The second-order valence-corrected chi connectivity index (χ2v) is 15.9. The van der Waals surface area contributed by atoms with Gasteiger partial charge in [-0.2, -0.15) is 8.42 Å². The van der Waals surface area contributed by atoms with E-state index in [4.69, 9.17) is 4.18 Å². The Balaban J connectivity index is 0.00000353. The summed E-state index contributed by atoms with van der Waals surface area (Å²) in [4.78, 5) is 12.7. The largest absolute Gasteiger partial charge is 1.00 e. The molecule has 0 aromatic carbocycles. The Morgan fingerprint density at radius 3 is 2.31 bits per heavy atom. The molecule has 11 atom stereocenters. The molecule has 5 rings (SSSR count). The monoisotopic (exact) mass is 574 g/mol. The van der Waals surface area contributed by atoms with Crippen LogP contribution in [-0.2, 0) is 19.4 Å². The molecule has 39 heavy (non-hydrogen) atoms. The van der Waals surface area contributed by atoms with Gasteiger partial charge in [-0.25, -0.2) is 4.18 Å². The predicted octanol–water partition coefficient (Wildman–Crippen LogP) is 1.56. The van der Waals surface area contributed by atoms with E-state index in [-0.39, 0.29) is 70.2 Å². The van der Waals surface area contributed by atoms with Crippen LogP contribution in [0.3, 0.4) is 0 Å². The Morgan fingerprint density at radius 1 is 1.03 bits per heavy atom. The van der Waals surface area contributed by atoms with Crippen molar-refractivity contribution >= 4 is 16.4 Å². The van der Waals surface area contributed by atoms with Crippen LogP contribution in [0.2, 0.25) is 0 Å². The third-order valence-corrected chi connectivity index (χ3v) is 14.1. The van der Waals surface area contributed by atoms with Gasteiger partial charge in [0.2, 0.25) is 0 Å². The minimum Gasteiger partial charge on any atom is -0.550 e. The van der Waals surface area contributed by atoms with E-state index in [1.807, 2.05) is 6.92 Å². The number of carbonyl (C=O) groups excluding carboxylic acids is 1. The maximum Gasteiger partial charge on any atom is 1.00 e. The van der Waals surface area contributed by atoms with Crippen molar-refractivity contribution in [2.75, 3.05) is 6.61 Å². The van der Waals surface area contributed by atoms with Gasteiger partial charge in [0.05, 0.1) is 12.7 Å². The van der Waals surface area contributed by atoms with E-state index in [0.717, 1.165) is 38.5 Å². The summed E-state index contributed by atoms with van der Waals surface area (Å²) in [6.07, 6.45) is 8.84. The molecule has 0 aromatic heterocycles. The van der Waals surface area contributed by atoms with Crippen LogP contribution in [0.15, 0.2) is 11.6 Å². The number of aliphatic hydroxyl groups excluding tert-OH is 1. The quantitative estimate of drug-likeness (QED) is 0.297. The van der Waals surface area contributed by atoms with E-state index < -0.39 is 33.3 Å². The molecule has 216 valence electrons. The molecule has 0 heterocycles. The van der Waals surface area contributed by atoms with Gasteiger partial charge in [-0.1, -0.05) is 53.2 Å². The van der Waals surface area contributed by atoms with Gasteiger partial charge in [0.15, 0.2) is 0 Å². The van der Waals surface area contributed by atoms with Crippen LogP contribution >= 0.6 is 0 Å². The summed E-state index contributed by atoms with van der Waals surface area (Å²) >= 11 is 0. The molecular formula is C30H47NaO7S. The van der Waals surface area contributed by atoms with Crippen LogP contribution in [0.4, 0.5) is 0 Å². The smallest absolute Gasteiger partial charge is 0.550 e. The van der Waals surface area contributed by atoms with Gasteiger partial charge in [-0.05, 0) is 104 Å². The standard InChI is InChI=1S/C30H48O7S.Na/c1-18-9-14-30(25(32)33)16-15-28(5)20(24(30)19(18)2)7-8-22-26(3)12-11-23(31)27(4,17-37-38(34,35)36)21(26)10-13-29(22,28)6;/h7,18-19,21-24,31H,8-17H2,1-6H3,(H,32,33)(H,34,35,36);/q;+1/p-1/t18-,19+,21-,22-,23+,24+,26+,27+,28-,29-,30+;/m1./s1. The number of allylic oxidation sites excluding steroid dienone is 2. The Bertz CT molecular complexity index is 1140. The number of hydrogen-bond acceptors (Lipinski definition) is 6. The molecule has 5 aliphatic carbocycles. The molecule has 0 bridgehead atoms. The number of carbonyl (C=O) groups is 1. The first kappa shape index (κ1) is 32.0. The molecule has 0 radical (unpaired) electrons. The van der Waals surface area contributed by atoms with Crippen LogP contribution in [0.25, 0.3) is 0 Å². The molecule has 2 N–H and O–H groups in total. The summed E-state index contributed by atoms with van der Waals surface area (Å²) in [6, 6.07) is 0. The molecule has 0 aliphatic heterocycles. The summed E-state index contributed by atoms with van der Waals surface area (Å²) in [6.45, 7) is 13.3. The Morgan fingerprint density at radius 2 is 1.69 bits per heavy atom. The second kappa shape index (κ2) is 10.1. The van der Waals surface area contributed by atoms with Crippen molar-refractivity contribution in [3.63, 3.8) is 0 Å². The molecule has 4 saturated carbocycles. The average Bonchev–Trinajstić information content (AvgIpc) is 2.82. The molecule has 0 spiro atoms. The fourth-order valence-electron chi connectivity index (χ4n) is 11.0. The zero-order valence-electron chi connectivity index (χ0n) is 25.0. The molecule has 4 fully saturated rings. The molecule has 0 unspecified atom stereocenters. The van der Waals surface area contributed by atoms with Crippen molar-refractivity contribution in [2.24, 2.45) is 56.7 Å². The van der Waals surface area contributed by atoms with Crippen LogP contribution in [0, 0.1) is 56.7 Å². The summed E-state index contributed by atoms with van der Waals surface area (Å²) in [7, 11) is -4.61. The number of aliphatic carboxylic acids is 1. The number of rotatable bonds is 4. The molecule has 0 aromatic rings. The van der Waals surface area contributed by atoms with Crippen molar-refractivity contribution in [1.29, 1.82) is 0 Å². The van der Waals surface area contributed by atoms with Crippen LogP contribution in [0.1, 0.15) is 99.3 Å². The second-order valence-electron chi connectivity index (χ2n) is 14.8. The van der Waals surface area contributed by atoms with Gasteiger partial charge in [0.25, 0.3) is 0 Å². The number of carboxylic acids is 1. The minimum absolute atomic E-state index is 0. The predicted molar refractivity (Wildman–Crippen MR) is 142 cm³/mol. The average molecular weight is 575 g/mol. The molecule has 7 nitrogen and oxygen atoms in total. The van der Waals surface area contributed by atoms with E-state index in [2.05, 4.69) is 40.7 Å². The normalized spacial score (nSPS) is 51.2. The van der Waals surface area contributed by atoms with Crippen molar-refractivity contribution in [1.82, 2.24) is 0 Å². The fraction of sp³-hybridized carbons (Fsp3) is 0.900. The summed E-state index contributed by atoms with van der Waals surface area (Å²) in [5, 5.41) is 23.9. The van der Waals surface area contributed by atoms with E-state index in [1.54, 1.807) is 0 Å². The maximum atomic E-state index is 12.7. The molecule has 0 amide bonds. The molecular weight excluding hydrogens is 527 g/mol. The fourth-order valence-corrected chi connectivity index (χ4v) is 11.5. The minimum atomic E-state index is -4.61. The first-order chi connectivity index (χ1) is 17.5. The zero-order valence-corrected chi connectivity index (χ0v) is 27.8. The first-order valence-corrected chi connectivity index (χ1v) is 16.0. The number of carboxylic acid groups (broad SMARTS) is 1. The van der Waals surface area contributed by atoms with Crippen molar-refractivity contribution < 1.29 is 61.7 Å². The third-order valence-electron chi connectivity index (χ3n) is 13.7. The van der Waals surface area contributed by atoms with Gasteiger partial charge >= 0.3 is 40.0 Å². The first-order valence-electron chi connectivity index (χ1n) is 14.7. The summed E-state index contributed by atoms with van der Waals surface area (Å²) in [5.74, 6) is 0.231. The zero-order chi connectivity index (χ0) is 28.1. The maximum absolute atomic E-state index is 12.7. The molecule has 9 heteroatoms. The third kappa shape index (κ3) is 4.39. The van der Waals surface area contributed by atoms with E-state index in [0.29, 0.717) is 31.1 Å². The van der Waals surface area contributed by atoms with Gasteiger partial charge in [-0.3, -0.25) is 4.55 Å². The van der Waals surface area contributed by atoms with Crippen LogP contribution in [-0.4, -0.2) is 36.8 Å². The van der Waals surface area contributed by atoms with Gasteiger partial charge in [0, 0.05) is 16.8 Å².